The molecule has 0 spiro atoms. The predicted molar refractivity (Wildman–Crippen MR) is 146 cm³/mol. The van der Waals surface area contributed by atoms with Gasteiger partial charge in [0.05, 0.1) is 39.8 Å². The quantitative estimate of drug-likeness (QED) is 0.298. The Morgan fingerprint density at radius 2 is 1.76 bits per heavy atom. The van der Waals surface area contributed by atoms with Crippen LogP contribution < -0.4 is 5.32 Å². The molecule has 9 nitrogen and oxygen atoms in total. The second-order valence-electron chi connectivity index (χ2n) is 9.40. The topological polar surface area (TPSA) is 118 Å². The number of thiazole rings is 1. The molecule has 4 rings (SSSR count). The third-order valence-electron chi connectivity index (χ3n) is 5.84. The van der Waals surface area contributed by atoms with Gasteiger partial charge in [-0.05, 0) is 30.0 Å². The lowest BCUT2D eigenvalue weighted by Crippen LogP contribution is -2.51. The molecule has 0 bridgehead atoms. The van der Waals surface area contributed by atoms with Gasteiger partial charge in [0, 0.05) is 19.3 Å². The average molecular weight is 534 g/mol. The van der Waals surface area contributed by atoms with Crippen LogP contribution in [0.5, 0.6) is 0 Å². The van der Waals surface area contributed by atoms with Crippen LogP contribution in [0.1, 0.15) is 34.8 Å². The smallest absolute Gasteiger partial charge is 0.407 e. The summed E-state index contributed by atoms with van der Waals surface area (Å²) in [6.45, 7) is 4.48. The molecule has 10 heteroatoms. The van der Waals surface area contributed by atoms with Crippen LogP contribution in [0, 0.1) is 5.92 Å². The number of aromatic nitrogens is 3. The number of amides is 2. The number of carbonyl (C=O) groups excluding carboxylic acids is 2. The molecule has 38 heavy (non-hydrogen) atoms. The number of para-hydroxylation sites is 2. The fraction of sp³-hybridized carbons (Fsp3) is 0.321. The highest BCUT2D eigenvalue weighted by Crippen LogP contribution is 2.15. The van der Waals surface area contributed by atoms with Gasteiger partial charge in [-0.2, -0.15) is 0 Å². The van der Waals surface area contributed by atoms with Crippen molar-refractivity contribution in [1.82, 2.24) is 25.2 Å². The largest absolute Gasteiger partial charge is 0.444 e. The third-order valence-corrected chi connectivity index (χ3v) is 6.60. The zero-order valence-electron chi connectivity index (χ0n) is 21.4. The molecule has 2 unspecified atom stereocenters. The lowest BCUT2D eigenvalue weighted by Gasteiger charge is -2.31. The SMILES string of the molecule is CC(C)CN(CC(O)C(Cc1ccccc1)NC(=O)OCc1cncs1)C(=O)c1cnc2ccccc2n1. The van der Waals surface area contributed by atoms with E-state index in [1.165, 1.54) is 17.5 Å². The van der Waals surface area contributed by atoms with Crippen LogP contribution in [-0.2, 0) is 17.8 Å². The van der Waals surface area contributed by atoms with Crippen molar-refractivity contribution in [3.8, 4) is 0 Å². The highest BCUT2D eigenvalue weighted by atomic mass is 32.1. The lowest BCUT2D eigenvalue weighted by molar-refractivity contribution is 0.0489. The average Bonchev–Trinajstić information content (AvgIpc) is 3.44. The van der Waals surface area contributed by atoms with E-state index in [4.69, 9.17) is 4.74 Å². The number of fused-ring (bicyclic) bond motifs is 1. The number of nitrogens with zero attached hydrogens (tertiary/aromatic N) is 4. The molecule has 2 heterocycles. The highest BCUT2D eigenvalue weighted by molar-refractivity contribution is 7.09. The molecule has 0 saturated carbocycles. The van der Waals surface area contributed by atoms with Gasteiger partial charge >= 0.3 is 6.09 Å². The van der Waals surface area contributed by atoms with Crippen LogP contribution >= 0.6 is 11.3 Å². The van der Waals surface area contributed by atoms with Gasteiger partial charge in [-0.25, -0.2) is 9.78 Å². The molecule has 0 radical (unpaired) electrons. The second-order valence-corrected chi connectivity index (χ2v) is 10.4. The molecule has 2 aromatic heterocycles. The molecule has 4 aromatic rings. The number of carbonyl (C=O) groups is 2. The molecule has 0 aliphatic heterocycles. The maximum absolute atomic E-state index is 13.5. The number of aliphatic hydroxyl groups is 1. The van der Waals surface area contributed by atoms with Crippen LogP contribution in [0.15, 0.2) is 72.5 Å². The van der Waals surface area contributed by atoms with Crippen molar-refractivity contribution in [3.63, 3.8) is 0 Å². The van der Waals surface area contributed by atoms with Gasteiger partial charge in [-0.1, -0.05) is 56.3 Å². The Hall–Kier alpha value is -3.89. The Labute approximate surface area is 225 Å². The molecule has 0 fully saturated rings. The number of benzene rings is 2. The first-order valence-corrected chi connectivity index (χ1v) is 13.3. The summed E-state index contributed by atoms with van der Waals surface area (Å²) < 4.78 is 5.34. The van der Waals surface area contributed by atoms with Crippen LogP contribution in [0.25, 0.3) is 11.0 Å². The Bertz CT molecular complexity index is 1330. The maximum atomic E-state index is 13.5. The van der Waals surface area contributed by atoms with Gasteiger partial charge in [0.2, 0.25) is 0 Å². The van der Waals surface area contributed by atoms with Gasteiger partial charge in [0.15, 0.2) is 0 Å². The van der Waals surface area contributed by atoms with Crippen molar-refractivity contribution in [2.24, 2.45) is 5.92 Å². The summed E-state index contributed by atoms with van der Waals surface area (Å²) in [5.74, 6) is -0.188. The molecule has 198 valence electrons. The zero-order chi connectivity index (χ0) is 26.9. The molecule has 0 saturated heterocycles. The summed E-state index contributed by atoms with van der Waals surface area (Å²) in [7, 11) is 0. The van der Waals surface area contributed by atoms with Crippen LogP contribution in [0.3, 0.4) is 0 Å². The van der Waals surface area contributed by atoms with Crippen molar-refractivity contribution < 1.29 is 19.4 Å². The molecule has 0 aliphatic carbocycles. The Morgan fingerprint density at radius 1 is 1.03 bits per heavy atom. The Morgan fingerprint density at radius 3 is 2.47 bits per heavy atom. The van der Waals surface area contributed by atoms with E-state index in [1.807, 2.05) is 62.4 Å². The standard InChI is InChI=1S/C28H31N5O4S/c1-19(2)15-33(27(35)25-14-30-22-10-6-7-11-23(22)31-25)16-26(34)24(12-20-8-4-3-5-9-20)32-28(36)37-17-21-13-29-18-38-21/h3-11,13-14,18-19,24,26,34H,12,15-17H2,1-2H3,(H,32,36). The number of rotatable bonds is 11. The number of nitrogens with one attached hydrogen (secondary N) is 1. The molecule has 2 aromatic carbocycles. The summed E-state index contributed by atoms with van der Waals surface area (Å²) in [6, 6.07) is 16.2. The van der Waals surface area contributed by atoms with Crippen molar-refractivity contribution in [2.75, 3.05) is 13.1 Å². The molecule has 2 atom stereocenters. The minimum absolute atomic E-state index is 0.00184. The summed E-state index contributed by atoms with van der Waals surface area (Å²) in [5, 5.41) is 14.1. The zero-order valence-corrected chi connectivity index (χ0v) is 22.2. The molecule has 0 aliphatic rings. The predicted octanol–water partition coefficient (Wildman–Crippen LogP) is 4.08. The van der Waals surface area contributed by atoms with Crippen molar-refractivity contribution in [1.29, 1.82) is 0 Å². The van der Waals surface area contributed by atoms with Crippen LogP contribution in [0.4, 0.5) is 4.79 Å². The fourth-order valence-electron chi connectivity index (χ4n) is 4.05. The number of alkyl carbamates (subject to hydrolysis) is 1. The third kappa shape index (κ3) is 7.56. The van der Waals surface area contributed by atoms with Crippen LogP contribution in [0.2, 0.25) is 0 Å². The normalized spacial score (nSPS) is 12.7. The fourth-order valence-corrected chi connectivity index (χ4v) is 4.56. The maximum Gasteiger partial charge on any atom is 0.407 e. The summed E-state index contributed by atoms with van der Waals surface area (Å²) in [5.41, 5.74) is 4.12. The summed E-state index contributed by atoms with van der Waals surface area (Å²) in [6.07, 6.45) is 1.74. The van der Waals surface area contributed by atoms with Crippen molar-refractivity contribution >= 4 is 34.4 Å². The van der Waals surface area contributed by atoms with E-state index >= 15 is 0 Å². The number of ether oxygens (including phenoxy) is 1. The van der Waals surface area contributed by atoms with E-state index in [2.05, 4.69) is 20.3 Å². The van der Waals surface area contributed by atoms with Crippen molar-refractivity contribution in [3.05, 3.63) is 88.6 Å². The van der Waals surface area contributed by atoms with E-state index in [0.29, 0.717) is 24.0 Å². The van der Waals surface area contributed by atoms with Gasteiger partial charge in [-0.15, -0.1) is 11.3 Å². The summed E-state index contributed by atoms with van der Waals surface area (Å²) >= 11 is 1.39. The van der Waals surface area contributed by atoms with Gasteiger partial charge < -0.3 is 20.1 Å². The Balaban J connectivity index is 1.50. The molecule has 2 N–H and O–H groups in total. The monoisotopic (exact) mass is 533 g/mol. The van der Waals surface area contributed by atoms with E-state index in [9.17, 15) is 14.7 Å². The van der Waals surface area contributed by atoms with Gasteiger partial charge in [0.25, 0.3) is 5.91 Å². The first-order valence-electron chi connectivity index (χ1n) is 12.4. The van der Waals surface area contributed by atoms with E-state index in [0.717, 1.165) is 10.4 Å². The number of aliphatic hydroxyl groups excluding tert-OH is 1. The minimum Gasteiger partial charge on any atom is -0.444 e. The molecule has 2 amide bonds. The lowest BCUT2D eigenvalue weighted by atomic mass is 10.0. The van der Waals surface area contributed by atoms with Crippen LogP contribution in [-0.4, -0.2) is 62.2 Å². The summed E-state index contributed by atoms with van der Waals surface area (Å²) in [4.78, 5) is 41.3. The van der Waals surface area contributed by atoms with Gasteiger partial charge in [0.1, 0.15) is 12.3 Å². The van der Waals surface area contributed by atoms with Crippen molar-refractivity contribution in [2.45, 2.75) is 39.0 Å². The van der Waals surface area contributed by atoms with Gasteiger partial charge in [-0.3, -0.25) is 14.8 Å². The Kier molecular flexibility index (Phi) is 9.34. The minimum atomic E-state index is -1.07. The number of hydrogen-bond acceptors (Lipinski definition) is 8. The highest BCUT2D eigenvalue weighted by Gasteiger charge is 2.28. The van der Waals surface area contributed by atoms with E-state index in [1.54, 1.807) is 22.7 Å². The first-order chi connectivity index (χ1) is 18.4. The van der Waals surface area contributed by atoms with E-state index in [-0.39, 0.29) is 30.7 Å². The molecular formula is C28H31N5O4S. The van der Waals surface area contributed by atoms with E-state index < -0.39 is 18.2 Å². The number of hydrogen-bond donors (Lipinski definition) is 2. The molecular weight excluding hydrogens is 502 g/mol. The second kappa shape index (κ2) is 13.1. The first kappa shape index (κ1) is 27.2.